The van der Waals surface area contributed by atoms with E-state index in [1.54, 1.807) is 19.2 Å². The number of nitrogens with zero attached hydrogens (tertiary/aromatic N) is 2. The van der Waals surface area contributed by atoms with Gasteiger partial charge in [-0.1, -0.05) is 23.7 Å². The molecule has 0 atom stereocenters. The molecule has 2 aromatic carbocycles. The van der Waals surface area contributed by atoms with Crippen LogP contribution in [0.3, 0.4) is 0 Å². The average Bonchev–Trinajstić information content (AvgIpc) is 2.71. The van der Waals surface area contributed by atoms with E-state index in [2.05, 4.69) is 4.85 Å². The molecular weight excluding hydrogens is 368 g/mol. The van der Waals surface area contributed by atoms with Gasteiger partial charge >= 0.3 is 0 Å². The number of halogens is 1. The lowest BCUT2D eigenvalue weighted by Gasteiger charge is -2.16. The van der Waals surface area contributed by atoms with Gasteiger partial charge in [-0.05, 0) is 23.8 Å². The van der Waals surface area contributed by atoms with Gasteiger partial charge in [0, 0.05) is 18.0 Å². The molecule has 0 amide bonds. The van der Waals surface area contributed by atoms with Crippen molar-refractivity contribution in [2.24, 2.45) is 0 Å². The van der Waals surface area contributed by atoms with Gasteiger partial charge in [0.25, 0.3) is 11.2 Å². The Labute approximate surface area is 161 Å². The molecule has 1 heterocycles. The molecule has 0 spiro atoms. The zero-order valence-electron chi connectivity index (χ0n) is 15.1. The number of methoxy groups -OCH3 is 3. The van der Waals surface area contributed by atoms with E-state index in [9.17, 15) is 4.79 Å². The maximum absolute atomic E-state index is 12.9. The maximum atomic E-state index is 12.9. The van der Waals surface area contributed by atoms with E-state index in [0.29, 0.717) is 22.4 Å². The molecule has 27 heavy (non-hydrogen) atoms. The van der Waals surface area contributed by atoms with Gasteiger partial charge in [0.05, 0.1) is 38.4 Å². The van der Waals surface area contributed by atoms with Crippen LogP contribution in [-0.4, -0.2) is 25.9 Å². The second-order valence-electron chi connectivity index (χ2n) is 5.74. The normalized spacial score (nSPS) is 10.5. The minimum absolute atomic E-state index is 0.108. The predicted octanol–water partition coefficient (Wildman–Crippen LogP) is 4.28. The van der Waals surface area contributed by atoms with Gasteiger partial charge < -0.3 is 18.8 Å². The molecule has 3 rings (SSSR count). The van der Waals surface area contributed by atoms with Crippen LogP contribution in [0.5, 0.6) is 17.2 Å². The molecule has 0 aliphatic rings. The molecule has 0 fully saturated rings. The summed E-state index contributed by atoms with van der Waals surface area (Å²) in [5.74, 6) is 1.66. The monoisotopic (exact) mass is 384 g/mol. The second kappa shape index (κ2) is 7.60. The summed E-state index contributed by atoms with van der Waals surface area (Å²) < 4.78 is 17.4. The molecule has 0 unspecified atom stereocenters. The number of fused-ring (bicyclic) bond motifs is 1. The van der Waals surface area contributed by atoms with Crippen LogP contribution >= 0.6 is 11.6 Å². The molecule has 0 saturated carbocycles. The molecule has 138 valence electrons. The fraction of sp³-hybridized carbons (Fsp3) is 0.200. The van der Waals surface area contributed by atoms with Crippen LogP contribution in [0.15, 0.2) is 41.2 Å². The molecule has 1 aromatic heterocycles. The molecule has 0 saturated heterocycles. The van der Waals surface area contributed by atoms with Crippen LogP contribution in [-0.2, 0) is 6.54 Å². The minimum Gasteiger partial charge on any atom is -0.497 e. The molecule has 0 N–H and O–H groups in total. The molecule has 0 bridgehead atoms. The fourth-order valence-electron chi connectivity index (χ4n) is 2.89. The quantitative estimate of drug-likeness (QED) is 0.616. The largest absolute Gasteiger partial charge is 0.497 e. The zero-order chi connectivity index (χ0) is 19.6. The SMILES string of the molecule is [C-]#[N+]c1c(Cl)c2cc(OC)c(OC)cc2n(Cc2ccc(OC)cc2)c1=O. The van der Waals surface area contributed by atoms with Gasteiger partial charge in [0.2, 0.25) is 0 Å². The van der Waals surface area contributed by atoms with Crippen molar-refractivity contribution >= 4 is 28.2 Å². The Balaban J connectivity index is 2.28. The smallest absolute Gasteiger partial charge is 0.269 e. The Hall–Kier alpha value is -3.17. The molecule has 0 aliphatic heterocycles. The lowest BCUT2D eigenvalue weighted by molar-refractivity contribution is 0.355. The van der Waals surface area contributed by atoms with E-state index in [1.165, 1.54) is 18.8 Å². The van der Waals surface area contributed by atoms with Gasteiger partial charge in [-0.25, -0.2) is 4.85 Å². The van der Waals surface area contributed by atoms with Crippen molar-refractivity contribution < 1.29 is 14.2 Å². The first-order valence-corrected chi connectivity index (χ1v) is 8.40. The highest BCUT2D eigenvalue weighted by atomic mass is 35.5. The number of pyridine rings is 1. The summed E-state index contributed by atoms with van der Waals surface area (Å²) in [7, 11) is 4.62. The van der Waals surface area contributed by atoms with Crippen molar-refractivity contribution in [3.05, 3.63) is 68.8 Å². The van der Waals surface area contributed by atoms with Crippen LogP contribution in [0.4, 0.5) is 5.69 Å². The van der Waals surface area contributed by atoms with Crippen molar-refractivity contribution in [3.63, 3.8) is 0 Å². The van der Waals surface area contributed by atoms with E-state index >= 15 is 0 Å². The molecule has 6 nitrogen and oxygen atoms in total. The number of ether oxygens (including phenoxy) is 3. The Morgan fingerprint density at radius 1 is 1.04 bits per heavy atom. The number of hydrogen-bond donors (Lipinski definition) is 0. The van der Waals surface area contributed by atoms with Gasteiger partial charge in [0.15, 0.2) is 11.5 Å². The summed E-state index contributed by atoms with van der Waals surface area (Å²) in [4.78, 5) is 16.2. The summed E-state index contributed by atoms with van der Waals surface area (Å²) in [5, 5.41) is 0.658. The van der Waals surface area contributed by atoms with Crippen molar-refractivity contribution in [2.45, 2.75) is 6.54 Å². The lowest BCUT2D eigenvalue weighted by Crippen LogP contribution is -2.21. The van der Waals surface area contributed by atoms with E-state index < -0.39 is 5.56 Å². The summed E-state index contributed by atoms with van der Waals surface area (Å²) >= 11 is 6.35. The Morgan fingerprint density at radius 2 is 1.67 bits per heavy atom. The summed E-state index contributed by atoms with van der Waals surface area (Å²) in [5.41, 5.74) is 0.869. The third-order valence-electron chi connectivity index (χ3n) is 4.30. The standard InChI is InChI=1S/C20H17ClN2O4/c1-22-19-18(21)14-9-16(26-3)17(27-4)10-15(14)23(20(19)24)11-12-5-7-13(25-2)8-6-12/h5-10H,11H2,2-4H3. The molecule has 0 aliphatic carbocycles. The zero-order valence-corrected chi connectivity index (χ0v) is 15.8. The number of benzene rings is 2. The summed E-state index contributed by atoms with van der Waals surface area (Å²) in [6.07, 6.45) is 0. The van der Waals surface area contributed by atoms with Gasteiger partial charge in [-0.2, -0.15) is 0 Å². The van der Waals surface area contributed by atoms with E-state index in [1.807, 2.05) is 24.3 Å². The van der Waals surface area contributed by atoms with Crippen LogP contribution < -0.4 is 19.8 Å². The number of hydrogen-bond acceptors (Lipinski definition) is 4. The van der Waals surface area contributed by atoms with Crippen molar-refractivity contribution in [1.82, 2.24) is 4.57 Å². The van der Waals surface area contributed by atoms with Gasteiger partial charge in [-0.3, -0.25) is 4.79 Å². The first kappa shape index (κ1) is 18.6. The van der Waals surface area contributed by atoms with Crippen LogP contribution in [0.1, 0.15) is 5.56 Å². The van der Waals surface area contributed by atoms with Gasteiger partial charge in [-0.15, -0.1) is 0 Å². The Bertz CT molecular complexity index is 1100. The first-order valence-electron chi connectivity index (χ1n) is 8.02. The van der Waals surface area contributed by atoms with Crippen molar-refractivity contribution in [3.8, 4) is 17.2 Å². The highest BCUT2D eigenvalue weighted by Gasteiger charge is 2.19. The lowest BCUT2D eigenvalue weighted by atomic mass is 10.1. The number of rotatable bonds is 5. The third-order valence-corrected chi connectivity index (χ3v) is 4.68. The molecule has 3 aromatic rings. The van der Waals surface area contributed by atoms with Crippen LogP contribution in [0.2, 0.25) is 5.02 Å². The molecular formula is C20H17ClN2O4. The topological polar surface area (TPSA) is 54.1 Å². The average molecular weight is 385 g/mol. The van der Waals surface area contributed by atoms with Crippen LogP contribution in [0.25, 0.3) is 15.7 Å². The van der Waals surface area contributed by atoms with E-state index in [0.717, 1.165) is 11.3 Å². The Kier molecular flexibility index (Phi) is 5.24. The van der Waals surface area contributed by atoms with E-state index in [-0.39, 0.29) is 17.3 Å². The van der Waals surface area contributed by atoms with Gasteiger partial charge in [0.1, 0.15) is 5.75 Å². The minimum atomic E-state index is -0.453. The number of aromatic nitrogens is 1. The Morgan fingerprint density at radius 3 is 2.22 bits per heavy atom. The molecule has 0 radical (unpaired) electrons. The predicted molar refractivity (Wildman–Crippen MR) is 105 cm³/mol. The van der Waals surface area contributed by atoms with Crippen molar-refractivity contribution in [2.75, 3.05) is 21.3 Å². The highest BCUT2D eigenvalue weighted by molar-refractivity contribution is 6.38. The summed E-state index contributed by atoms with van der Waals surface area (Å²) in [6.45, 7) is 7.63. The molecule has 7 heteroatoms. The van der Waals surface area contributed by atoms with E-state index in [4.69, 9.17) is 32.4 Å². The first-order chi connectivity index (χ1) is 13.0. The third kappa shape index (κ3) is 3.29. The van der Waals surface area contributed by atoms with Crippen molar-refractivity contribution in [1.29, 1.82) is 0 Å². The summed E-state index contributed by atoms with van der Waals surface area (Å²) in [6, 6.07) is 10.7. The highest BCUT2D eigenvalue weighted by Crippen LogP contribution is 2.37. The van der Waals surface area contributed by atoms with Crippen LogP contribution in [0, 0.1) is 6.57 Å². The maximum Gasteiger partial charge on any atom is 0.269 e. The fourth-order valence-corrected chi connectivity index (χ4v) is 3.17. The second-order valence-corrected chi connectivity index (χ2v) is 6.12.